The lowest BCUT2D eigenvalue weighted by Crippen LogP contribution is -1.78. The lowest BCUT2D eigenvalue weighted by atomic mass is 10.4. The van der Waals surface area contributed by atoms with Crippen LogP contribution in [-0.4, -0.2) is 4.40 Å². The summed E-state index contributed by atoms with van der Waals surface area (Å²) in [5, 5.41) is 0. The normalized spacial score (nSPS) is 10.5. The van der Waals surface area contributed by atoms with E-state index in [0.29, 0.717) is 0 Å². The molecule has 0 aliphatic rings. The van der Waals surface area contributed by atoms with Gasteiger partial charge in [0.25, 0.3) is 0 Å². The van der Waals surface area contributed by atoms with Crippen molar-refractivity contribution in [3.8, 4) is 0 Å². The van der Waals surface area contributed by atoms with Gasteiger partial charge in [-0.2, -0.15) is 0 Å². The fourth-order valence-electron chi connectivity index (χ4n) is 1.01. The molecule has 0 saturated heterocycles. The molecular weight excluding hydrogens is 190 g/mol. The molecule has 0 aliphatic heterocycles. The molecule has 2 rings (SSSR count). The predicted molar refractivity (Wildman–Crippen MR) is 45.1 cm³/mol. The molecule has 2 aromatic heterocycles. The number of rotatable bonds is 0. The Morgan fingerprint density at radius 1 is 1.20 bits per heavy atom. The van der Waals surface area contributed by atoms with Gasteiger partial charge in [0, 0.05) is 22.4 Å². The second-order valence-corrected chi connectivity index (χ2v) is 3.10. The highest BCUT2D eigenvalue weighted by molar-refractivity contribution is 9.10. The number of nitrogens with zero attached hydrogens (tertiary/aromatic N) is 1. The molecule has 2 heterocycles. The molecule has 0 amide bonds. The number of hydrogen-bond donors (Lipinski definition) is 0. The van der Waals surface area contributed by atoms with Crippen LogP contribution in [0.1, 0.15) is 0 Å². The van der Waals surface area contributed by atoms with Crippen LogP contribution in [0.15, 0.2) is 41.1 Å². The standard InChI is InChI=1S/C8H6BrN/c9-7-3-4-8-2-1-5-10(8)6-7/h1-6H. The first kappa shape index (κ1) is 5.98. The maximum atomic E-state index is 3.40. The minimum atomic E-state index is 1.11. The van der Waals surface area contributed by atoms with Gasteiger partial charge in [0.05, 0.1) is 0 Å². The lowest BCUT2D eigenvalue weighted by molar-refractivity contribution is 1.19. The molecule has 2 heteroatoms. The first-order valence-corrected chi connectivity index (χ1v) is 3.88. The molecule has 10 heavy (non-hydrogen) atoms. The molecule has 0 spiro atoms. The molecule has 0 aliphatic carbocycles. The van der Waals surface area contributed by atoms with Crippen LogP contribution < -0.4 is 0 Å². The maximum Gasteiger partial charge on any atom is 0.0450 e. The van der Waals surface area contributed by atoms with Crippen LogP contribution in [0.4, 0.5) is 0 Å². The van der Waals surface area contributed by atoms with Crippen LogP contribution in [0.3, 0.4) is 0 Å². The summed E-state index contributed by atoms with van der Waals surface area (Å²) in [5.74, 6) is 0. The third-order valence-electron chi connectivity index (χ3n) is 1.49. The van der Waals surface area contributed by atoms with Crippen LogP contribution in [-0.2, 0) is 0 Å². The van der Waals surface area contributed by atoms with Crippen molar-refractivity contribution in [3.05, 3.63) is 41.1 Å². The highest BCUT2D eigenvalue weighted by atomic mass is 79.9. The molecule has 0 N–H and O–H groups in total. The molecule has 50 valence electrons. The summed E-state index contributed by atoms with van der Waals surface area (Å²) in [5.41, 5.74) is 1.23. The van der Waals surface area contributed by atoms with Crippen molar-refractivity contribution < 1.29 is 0 Å². The first-order chi connectivity index (χ1) is 4.86. The second kappa shape index (κ2) is 2.13. The summed E-state index contributed by atoms with van der Waals surface area (Å²) >= 11 is 3.40. The summed E-state index contributed by atoms with van der Waals surface area (Å²) in [6.45, 7) is 0. The summed E-state index contributed by atoms with van der Waals surface area (Å²) in [4.78, 5) is 0. The monoisotopic (exact) mass is 195 g/mol. The van der Waals surface area contributed by atoms with Gasteiger partial charge in [0.15, 0.2) is 0 Å². The third-order valence-corrected chi connectivity index (χ3v) is 1.96. The van der Waals surface area contributed by atoms with Gasteiger partial charge < -0.3 is 4.40 Å². The molecule has 0 unspecified atom stereocenters. The molecule has 2 aromatic rings. The van der Waals surface area contributed by atoms with Crippen LogP contribution in [0.5, 0.6) is 0 Å². The molecule has 0 atom stereocenters. The molecule has 0 radical (unpaired) electrons. The highest BCUT2D eigenvalue weighted by Gasteiger charge is 1.89. The van der Waals surface area contributed by atoms with Crippen LogP contribution >= 0.6 is 15.9 Å². The summed E-state index contributed by atoms with van der Waals surface area (Å²) in [6, 6.07) is 8.22. The predicted octanol–water partition coefficient (Wildman–Crippen LogP) is 2.70. The number of fused-ring (bicyclic) bond motifs is 1. The molecule has 0 saturated carbocycles. The van der Waals surface area contributed by atoms with Gasteiger partial charge in [-0.1, -0.05) is 0 Å². The summed E-state index contributed by atoms with van der Waals surface area (Å²) < 4.78 is 3.18. The fraction of sp³-hybridized carbons (Fsp3) is 0. The van der Waals surface area contributed by atoms with Gasteiger partial charge in [-0.3, -0.25) is 0 Å². The van der Waals surface area contributed by atoms with E-state index in [9.17, 15) is 0 Å². The topological polar surface area (TPSA) is 4.41 Å². The Labute approximate surface area is 67.4 Å². The Morgan fingerprint density at radius 2 is 2.10 bits per heavy atom. The van der Waals surface area contributed by atoms with Crippen molar-refractivity contribution in [3.63, 3.8) is 0 Å². The summed E-state index contributed by atoms with van der Waals surface area (Å²) in [7, 11) is 0. The van der Waals surface area contributed by atoms with E-state index in [1.807, 2.05) is 24.5 Å². The number of pyridine rings is 1. The number of hydrogen-bond acceptors (Lipinski definition) is 0. The van der Waals surface area contributed by atoms with Gasteiger partial charge in [-0.15, -0.1) is 0 Å². The van der Waals surface area contributed by atoms with Crippen molar-refractivity contribution in [1.29, 1.82) is 0 Å². The number of halogens is 1. The molecule has 0 aromatic carbocycles. The molecule has 0 bridgehead atoms. The van der Waals surface area contributed by atoms with E-state index < -0.39 is 0 Å². The van der Waals surface area contributed by atoms with Crippen LogP contribution in [0, 0.1) is 0 Å². The zero-order chi connectivity index (χ0) is 6.97. The average Bonchev–Trinajstić information content (AvgIpc) is 2.33. The van der Waals surface area contributed by atoms with Crippen molar-refractivity contribution >= 4 is 21.4 Å². The third kappa shape index (κ3) is 0.847. The van der Waals surface area contributed by atoms with E-state index >= 15 is 0 Å². The highest BCUT2D eigenvalue weighted by Crippen LogP contribution is 2.11. The van der Waals surface area contributed by atoms with Gasteiger partial charge in [-0.25, -0.2) is 0 Å². The smallest absolute Gasteiger partial charge is 0.0450 e. The van der Waals surface area contributed by atoms with Crippen molar-refractivity contribution in [2.75, 3.05) is 0 Å². The van der Waals surface area contributed by atoms with Crippen molar-refractivity contribution in [1.82, 2.24) is 4.40 Å². The first-order valence-electron chi connectivity index (χ1n) is 3.08. The van der Waals surface area contributed by atoms with Gasteiger partial charge in [-0.05, 0) is 40.2 Å². The van der Waals surface area contributed by atoms with Crippen LogP contribution in [0.2, 0.25) is 0 Å². The van der Waals surface area contributed by atoms with E-state index in [-0.39, 0.29) is 0 Å². The molecule has 1 nitrogen and oxygen atoms in total. The quantitative estimate of drug-likeness (QED) is 0.610. The van der Waals surface area contributed by atoms with E-state index in [1.54, 1.807) is 0 Å². The minimum Gasteiger partial charge on any atom is -0.323 e. The Hall–Kier alpha value is -0.760. The van der Waals surface area contributed by atoms with Crippen molar-refractivity contribution in [2.24, 2.45) is 0 Å². The average molecular weight is 196 g/mol. The van der Waals surface area contributed by atoms with E-state index in [1.165, 1.54) is 5.52 Å². The second-order valence-electron chi connectivity index (χ2n) is 2.19. The Kier molecular flexibility index (Phi) is 1.27. The summed E-state index contributed by atoms with van der Waals surface area (Å²) in [6.07, 6.45) is 4.06. The van der Waals surface area contributed by atoms with E-state index in [0.717, 1.165) is 4.47 Å². The SMILES string of the molecule is Brc1ccc2cccn2c1. The zero-order valence-corrected chi connectivity index (χ0v) is 6.88. The van der Waals surface area contributed by atoms with Crippen LogP contribution in [0.25, 0.3) is 5.52 Å². The minimum absolute atomic E-state index is 1.11. The van der Waals surface area contributed by atoms with Crippen molar-refractivity contribution in [2.45, 2.75) is 0 Å². The van der Waals surface area contributed by atoms with E-state index in [4.69, 9.17) is 0 Å². The van der Waals surface area contributed by atoms with Gasteiger partial charge >= 0.3 is 0 Å². The van der Waals surface area contributed by atoms with E-state index in [2.05, 4.69) is 32.5 Å². The largest absolute Gasteiger partial charge is 0.323 e. The maximum absolute atomic E-state index is 3.40. The fourth-order valence-corrected chi connectivity index (χ4v) is 1.36. The number of aromatic nitrogens is 1. The van der Waals surface area contributed by atoms with Gasteiger partial charge in [0.1, 0.15) is 0 Å². The van der Waals surface area contributed by atoms with Gasteiger partial charge in [0.2, 0.25) is 0 Å². The molecule has 0 fully saturated rings. The molecular formula is C8H6BrN. The Bertz CT molecular complexity index is 351. The Balaban J connectivity index is 2.86. The lowest BCUT2D eigenvalue weighted by Gasteiger charge is -1.93. The zero-order valence-electron chi connectivity index (χ0n) is 5.29. The Morgan fingerprint density at radius 3 is 3.00 bits per heavy atom.